The molecule has 0 fully saturated rings. The Morgan fingerprint density at radius 2 is 2.55 bits per heavy atom. The van der Waals surface area contributed by atoms with Crippen LogP contribution in [0.4, 0.5) is 0 Å². The molecule has 0 bridgehead atoms. The molecule has 5 nitrogen and oxygen atoms in total. The second kappa shape index (κ2) is 3.00. The van der Waals surface area contributed by atoms with E-state index in [1.807, 2.05) is 0 Å². The first-order valence-corrected chi connectivity index (χ1v) is 3.73. The van der Waals surface area contributed by atoms with E-state index in [2.05, 4.69) is 20.9 Å². The highest BCUT2D eigenvalue weighted by atomic mass is 79.9. The van der Waals surface area contributed by atoms with E-state index >= 15 is 0 Å². The number of halogens is 1. The predicted octanol–water partition coefficient (Wildman–Crippen LogP) is 1.15. The van der Waals surface area contributed by atoms with Crippen molar-refractivity contribution >= 4 is 22.1 Å². The van der Waals surface area contributed by atoms with E-state index in [1.165, 1.54) is 6.20 Å². The van der Waals surface area contributed by atoms with E-state index < -0.39 is 11.2 Å². The van der Waals surface area contributed by atoms with Crippen molar-refractivity contribution in [2.24, 2.45) is 4.99 Å². The van der Waals surface area contributed by atoms with Gasteiger partial charge >= 0.3 is 0 Å². The molecule has 60 valence electrons. The monoisotopic (exact) mass is 219 g/mol. The van der Waals surface area contributed by atoms with Gasteiger partial charge < -0.3 is 0 Å². The molecule has 11 heavy (non-hydrogen) atoms. The van der Waals surface area contributed by atoms with Crippen LogP contribution in [-0.2, 0) is 0 Å². The summed E-state index contributed by atoms with van der Waals surface area (Å²) in [5.74, 6) is 0. The molecule has 0 saturated carbocycles. The minimum absolute atomic E-state index is 0.425. The van der Waals surface area contributed by atoms with Gasteiger partial charge in [-0.3, -0.25) is 4.99 Å². The minimum atomic E-state index is -0.498. The molecule has 1 aliphatic rings. The van der Waals surface area contributed by atoms with Gasteiger partial charge in [-0.15, -0.1) is 0 Å². The average molecular weight is 220 g/mol. The fourth-order valence-electron chi connectivity index (χ4n) is 0.699. The quantitative estimate of drug-likeness (QED) is 0.491. The molecule has 1 aliphatic heterocycles. The number of hydrazine groups is 1. The molecular weight excluding hydrogens is 214 g/mol. The van der Waals surface area contributed by atoms with Gasteiger partial charge in [0.25, 0.3) is 0 Å². The predicted molar refractivity (Wildman–Crippen MR) is 43.8 cm³/mol. The Labute approximate surface area is 71.6 Å². The maximum absolute atomic E-state index is 10.3. The second-order valence-corrected chi connectivity index (χ2v) is 2.96. The zero-order valence-corrected chi connectivity index (χ0v) is 7.35. The summed E-state index contributed by atoms with van der Waals surface area (Å²) < 4.78 is 0.604. The Morgan fingerprint density at radius 1 is 1.91 bits per heavy atom. The van der Waals surface area contributed by atoms with Crippen molar-refractivity contribution in [1.29, 1.82) is 0 Å². The highest BCUT2D eigenvalue weighted by Crippen LogP contribution is 2.13. The van der Waals surface area contributed by atoms with Gasteiger partial charge in [-0.05, 0) is 22.9 Å². The van der Waals surface area contributed by atoms with Crippen LogP contribution < -0.4 is 0 Å². The molecule has 1 atom stereocenters. The van der Waals surface area contributed by atoms with Crippen molar-refractivity contribution in [3.8, 4) is 0 Å². The van der Waals surface area contributed by atoms with Crippen LogP contribution in [0, 0.1) is 10.1 Å². The van der Waals surface area contributed by atoms with Crippen molar-refractivity contribution < 1.29 is 5.03 Å². The average Bonchev–Trinajstić information content (AvgIpc) is 1.94. The third kappa shape index (κ3) is 1.76. The van der Waals surface area contributed by atoms with Crippen LogP contribution in [0.25, 0.3) is 0 Å². The lowest BCUT2D eigenvalue weighted by molar-refractivity contribution is -0.647. The summed E-state index contributed by atoms with van der Waals surface area (Å²) in [5, 5.41) is 10.7. The molecule has 6 heteroatoms. The maximum Gasteiger partial charge on any atom is 0.181 e. The third-order valence-corrected chi connectivity index (χ3v) is 1.65. The summed E-state index contributed by atoms with van der Waals surface area (Å²) in [7, 11) is 0. The van der Waals surface area contributed by atoms with E-state index in [0.29, 0.717) is 4.48 Å². The number of hydrogen-bond acceptors (Lipinski definition) is 3. The molecule has 0 aliphatic carbocycles. The molecule has 0 N–H and O–H groups in total. The summed E-state index contributed by atoms with van der Waals surface area (Å²) in [6.45, 7) is 1.65. The SMILES string of the molecule is CC1N=CC(Br)=CN1[N+](=O)[O-]. The van der Waals surface area contributed by atoms with E-state index in [-0.39, 0.29) is 0 Å². The van der Waals surface area contributed by atoms with Crippen LogP contribution in [0.2, 0.25) is 0 Å². The molecule has 0 radical (unpaired) electrons. The van der Waals surface area contributed by atoms with Crippen molar-refractivity contribution in [3.05, 3.63) is 20.8 Å². The highest BCUT2D eigenvalue weighted by molar-refractivity contribution is 9.12. The van der Waals surface area contributed by atoms with E-state index in [4.69, 9.17) is 0 Å². The highest BCUT2D eigenvalue weighted by Gasteiger charge is 2.21. The van der Waals surface area contributed by atoms with Gasteiger partial charge in [0.2, 0.25) is 0 Å². The van der Waals surface area contributed by atoms with Gasteiger partial charge in [-0.2, -0.15) is 0 Å². The molecule has 0 aromatic rings. The molecule has 0 spiro atoms. The summed E-state index contributed by atoms with van der Waals surface area (Å²) in [4.78, 5) is 14.2. The first-order chi connectivity index (χ1) is 5.11. The zero-order chi connectivity index (χ0) is 8.43. The van der Waals surface area contributed by atoms with Crippen LogP contribution in [0.3, 0.4) is 0 Å². The first-order valence-electron chi connectivity index (χ1n) is 2.94. The second-order valence-electron chi connectivity index (χ2n) is 2.04. The van der Waals surface area contributed by atoms with E-state index in [1.54, 1.807) is 13.1 Å². The van der Waals surface area contributed by atoms with Crippen molar-refractivity contribution in [2.75, 3.05) is 0 Å². The number of aliphatic imine (C=N–C) groups is 1. The molecule has 0 saturated heterocycles. The van der Waals surface area contributed by atoms with Gasteiger partial charge in [0, 0.05) is 6.21 Å². The lowest BCUT2D eigenvalue weighted by Crippen LogP contribution is -2.34. The Hall–Kier alpha value is -0.910. The number of nitro groups is 1. The van der Waals surface area contributed by atoms with Crippen LogP contribution >= 0.6 is 15.9 Å². The summed E-state index contributed by atoms with van der Waals surface area (Å²) in [6, 6.07) is 0. The molecule has 0 aromatic heterocycles. The Kier molecular flexibility index (Phi) is 2.23. The lowest BCUT2D eigenvalue weighted by atomic mass is 10.5. The summed E-state index contributed by atoms with van der Waals surface area (Å²) >= 11 is 3.09. The summed E-state index contributed by atoms with van der Waals surface area (Å²) in [6.07, 6.45) is 2.51. The number of nitrogens with zero attached hydrogens (tertiary/aromatic N) is 3. The Bertz CT molecular complexity index is 238. The third-order valence-electron chi connectivity index (χ3n) is 1.24. The fourth-order valence-corrected chi connectivity index (χ4v) is 1.03. The molecule has 0 amide bonds. The van der Waals surface area contributed by atoms with Gasteiger partial charge in [-0.1, -0.05) is 5.01 Å². The number of allylic oxidation sites excluding steroid dienone is 1. The van der Waals surface area contributed by atoms with Crippen LogP contribution in [-0.4, -0.2) is 22.4 Å². The van der Waals surface area contributed by atoms with Crippen LogP contribution in [0.1, 0.15) is 6.92 Å². The van der Waals surface area contributed by atoms with Gasteiger partial charge in [-0.25, -0.2) is 10.1 Å². The van der Waals surface area contributed by atoms with Crippen LogP contribution in [0.5, 0.6) is 0 Å². The number of hydrogen-bond donors (Lipinski definition) is 0. The molecule has 1 heterocycles. The van der Waals surface area contributed by atoms with Crippen molar-refractivity contribution in [1.82, 2.24) is 5.01 Å². The van der Waals surface area contributed by atoms with Crippen LogP contribution in [0.15, 0.2) is 15.7 Å². The smallest absolute Gasteiger partial charge is 0.181 e. The fraction of sp³-hybridized carbons (Fsp3) is 0.400. The van der Waals surface area contributed by atoms with Gasteiger partial charge in [0.15, 0.2) is 11.2 Å². The van der Waals surface area contributed by atoms with E-state index in [0.717, 1.165) is 5.01 Å². The maximum atomic E-state index is 10.3. The van der Waals surface area contributed by atoms with Crippen molar-refractivity contribution in [3.63, 3.8) is 0 Å². The molecule has 1 rings (SSSR count). The van der Waals surface area contributed by atoms with Gasteiger partial charge in [0.1, 0.15) is 0 Å². The summed E-state index contributed by atoms with van der Waals surface area (Å²) in [5.41, 5.74) is 0. The molecule has 0 aromatic carbocycles. The molecule has 1 unspecified atom stereocenters. The van der Waals surface area contributed by atoms with Crippen molar-refractivity contribution in [2.45, 2.75) is 13.1 Å². The first kappa shape index (κ1) is 8.19. The minimum Gasteiger partial charge on any atom is -0.261 e. The Morgan fingerprint density at radius 3 is 3.00 bits per heavy atom. The van der Waals surface area contributed by atoms with E-state index in [9.17, 15) is 10.1 Å². The standard InChI is InChI=1S/C5H6BrN3O2/c1-4-7-2-5(6)3-8(4)9(10)11/h2-4H,1H3. The van der Waals surface area contributed by atoms with Gasteiger partial charge in [0.05, 0.1) is 10.7 Å². The number of rotatable bonds is 1. The lowest BCUT2D eigenvalue weighted by Gasteiger charge is -2.16. The largest absolute Gasteiger partial charge is 0.261 e. The topological polar surface area (TPSA) is 58.7 Å². The molecular formula is C5H6BrN3O2. The zero-order valence-electron chi connectivity index (χ0n) is 5.77. The Balaban J connectivity index is 2.81. The normalized spacial score (nSPS) is 23.3.